The largest absolute Gasteiger partial charge is 0.378 e. The Labute approximate surface area is 433 Å². The van der Waals surface area contributed by atoms with Crippen molar-refractivity contribution >= 4 is 82.5 Å². The van der Waals surface area contributed by atoms with Crippen LogP contribution >= 0.6 is 43.2 Å². The molecule has 2 N–H and O–H groups in total. The van der Waals surface area contributed by atoms with Gasteiger partial charge in [-0.1, -0.05) is 109 Å². The number of ether oxygens (including phenoxy) is 3. The van der Waals surface area contributed by atoms with E-state index < -0.39 is 52.5 Å². The summed E-state index contributed by atoms with van der Waals surface area (Å²) in [5, 5.41) is 8.57. The number of carbonyl (C=O) groups excluding carboxylic acids is 4. The summed E-state index contributed by atoms with van der Waals surface area (Å²) >= 11 is 0. The number of nitrogens with zero attached hydrogens (tertiary/aromatic N) is 8. The van der Waals surface area contributed by atoms with E-state index in [1.165, 1.54) is 47.5 Å². The molecule has 3 aromatic carbocycles. The number of nitrogens with two attached hydrogens (primary N) is 1. The smallest absolute Gasteiger partial charge is 0.266 e. The standard InChI is InChI=1S/C49H55N9O9S5/c1-44-40(59)56-38-27-32-13-7-8-16-35(32)46(38,30-48(56,70-68-44)42(61)53(44)3)47-31-49-43(62)55(21-12-11-20-54-28-33(51-52-54)29-67-26-25-66-24-23-65-22-19-50)45(2,69-71-49)41(60)57(49)39(47)58(37-18-10-9-17-36(37)47)72(63,64)34-14-5-4-6-15-34/h4-10,13-18,28,38-39H,11-12,19-27,29-31,50H2,1-3H3/t38-,39-,44-,45-,46-,47-,48-,49-/m0/s1. The molecule has 23 heteroatoms. The fourth-order valence-corrected chi connectivity index (χ4v) is 21.9. The highest BCUT2D eigenvalue weighted by atomic mass is 33.1. The average molecular weight is 1070 g/mol. The second-order valence-electron chi connectivity index (χ2n) is 20.0. The number of amides is 4. The van der Waals surface area contributed by atoms with E-state index in [2.05, 4.69) is 22.4 Å². The number of anilines is 1. The summed E-state index contributed by atoms with van der Waals surface area (Å²) in [6.45, 7) is 7.32. The lowest BCUT2D eigenvalue weighted by Gasteiger charge is -2.59. The van der Waals surface area contributed by atoms with Crippen LogP contribution in [0.25, 0.3) is 0 Å². The van der Waals surface area contributed by atoms with Crippen LogP contribution in [0, 0.1) is 0 Å². The van der Waals surface area contributed by atoms with E-state index in [4.69, 9.17) is 19.9 Å². The predicted octanol–water partition coefficient (Wildman–Crippen LogP) is 4.30. The Balaban J connectivity index is 0.910. The van der Waals surface area contributed by atoms with Crippen molar-refractivity contribution in [2.24, 2.45) is 5.73 Å². The van der Waals surface area contributed by atoms with Crippen LogP contribution in [0.5, 0.6) is 0 Å². The Morgan fingerprint density at radius 3 is 2.08 bits per heavy atom. The molecule has 9 aliphatic heterocycles. The van der Waals surface area contributed by atoms with Gasteiger partial charge in [-0.3, -0.25) is 28.8 Å². The van der Waals surface area contributed by atoms with Gasteiger partial charge in [0.2, 0.25) is 0 Å². The third-order valence-electron chi connectivity index (χ3n) is 16.4. The molecule has 2 spiro atoms. The van der Waals surface area contributed by atoms with Crippen molar-refractivity contribution in [2.75, 3.05) is 57.5 Å². The summed E-state index contributed by atoms with van der Waals surface area (Å²) in [5.41, 5.74) is 6.56. The van der Waals surface area contributed by atoms with Crippen LogP contribution in [0.2, 0.25) is 0 Å². The monoisotopic (exact) mass is 1070 g/mol. The van der Waals surface area contributed by atoms with Gasteiger partial charge in [0.05, 0.1) is 61.8 Å². The number of likely N-dealkylation sites (N-methyl/N-ethyl adjacent to an activating group) is 1. The molecule has 0 radical (unpaired) electrons. The van der Waals surface area contributed by atoms with Crippen molar-refractivity contribution < 1.29 is 41.8 Å². The summed E-state index contributed by atoms with van der Waals surface area (Å²) in [6.07, 6.45) is 2.34. The molecular weight excluding hydrogens is 1020 g/mol. The minimum atomic E-state index is -4.46. The molecule has 4 amide bonds. The molecule has 10 aliphatic rings. The highest BCUT2D eigenvalue weighted by Crippen LogP contribution is 2.79. The zero-order valence-corrected chi connectivity index (χ0v) is 44.1. The number of aryl methyl sites for hydroxylation is 1. The van der Waals surface area contributed by atoms with Gasteiger partial charge in [-0.2, -0.15) is 0 Å². The molecule has 4 bridgehead atoms. The Morgan fingerprint density at radius 1 is 0.694 bits per heavy atom. The first kappa shape index (κ1) is 48.6. The van der Waals surface area contributed by atoms with Crippen molar-refractivity contribution in [3.8, 4) is 0 Å². The average Bonchev–Trinajstić information content (AvgIpc) is 4.18. The first-order chi connectivity index (χ1) is 34.7. The maximum Gasteiger partial charge on any atom is 0.266 e. The summed E-state index contributed by atoms with van der Waals surface area (Å²) in [5.74, 6) is -0.981. The maximum atomic E-state index is 16.0. The zero-order valence-electron chi connectivity index (χ0n) is 40.0. The van der Waals surface area contributed by atoms with E-state index in [-0.39, 0.29) is 54.5 Å². The van der Waals surface area contributed by atoms with Crippen molar-refractivity contribution in [1.82, 2.24) is 34.6 Å². The van der Waals surface area contributed by atoms with Gasteiger partial charge in [0.25, 0.3) is 33.7 Å². The normalized spacial score (nSPS) is 32.7. The van der Waals surface area contributed by atoms with Gasteiger partial charge in [-0.15, -0.1) is 5.10 Å². The summed E-state index contributed by atoms with van der Waals surface area (Å²) in [7, 11) is 2.72. The van der Waals surface area contributed by atoms with E-state index in [0.29, 0.717) is 82.3 Å². The van der Waals surface area contributed by atoms with Gasteiger partial charge in [0.15, 0.2) is 19.5 Å². The number of sulfonamides is 1. The molecule has 14 rings (SSSR count). The molecule has 8 saturated heterocycles. The molecule has 8 atom stereocenters. The van der Waals surface area contributed by atoms with Gasteiger partial charge >= 0.3 is 0 Å². The number of unbranched alkanes of at least 4 members (excludes halogenated alkanes) is 1. The topological polar surface area (TPSA) is 203 Å². The molecule has 18 nitrogen and oxygen atoms in total. The highest BCUT2D eigenvalue weighted by Gasteiger charge is 2.88. The Bertz CT molecular complexity index is 3010. The van der Waals surface area contributed by atoms with Gasteiger partial charge in [-0.05, 0) is 68.0 Å². The summed E-state index contributed by atoms with van der Waals surface area (Å²) in [6, 6.07) is 23.1. The first-order valence-corrected chi connectivity index (χ1v) is 30.0. The van der Waals surface area contributed by atoms with Crippen LogP contribution in [-0.2, 0) is 73.8 Å². The minimum absolute atomic E-state index is 0.0402. The van der Waals surface area contributed by atoms with E-state index in [1.807, 2.05) is 35.4 Å². The minimum Gasteiger partial charge on any atom is -0.378 e. The van der Waals surface area contributed by atoms with Crippen LogP contribution in [0.15, 0.2) is 90.0 Å². The van der Waals surface area contributed by atoms with E-state index in [1.54, 1.807) is 82.7 Å². The molecule has 0 saturated carbocycles. The quantitative estimate of drug-likeness (QED) is 0.109. The molecule has 10 heterocycles. The lowest BCUT2D eigenvalue weighted by atomic mass is 9.53. The molecule has 8 fully saturated rings. The fourth-order valence-electron chi connectivity index (χ4n) is 13.2. The number of fused-ring (bicyclic) bond motifs is 11. The number of piperazine rings is 2. The maximum absolute atomic E-state index is 16.0. The number of hydrogen-bond acceptors (Lipinski definition) is 16. The van der Waals surface area contributed by atoms with Crippen LogP contribution in [0.1, 0.15) is 61.9 Å². The van der Waals surface area contributed by atoms with E-state index in [0.717, 1.165) is 11.1 Å². The number of para-hydroxylation sites is 1. The van der Waals surface area contributed by atoms with Gasteiger partial charge < -0.3 is 34.6 Å². The molecule has 4 aromatic rings. The molecule has 72 heavy (non-hydrogen) atoms. The van der Waals surface area contributed by atoms with Crippen LogP contribution in [0.4, 0.5) is 5.69 Å². The Kier molecular flexibility index (Phi) is 11.7. The number of benzene rings is 3. The zero-order chi connectivity index (χ0) is 50.1. The number of rotatable bonds is 18. The number of aromatic nitrogens is 3. The fraction of sp³-hybridized carbons (Fsp3) is 0.510. The third kappa shape index (κ3) is 6.37. The number of carbonyl (C=O) groups is 4. The van der Waals surface area contributed by atoms with Crippen molar-refractivity contribution in [2.45, 2.75) is 107 Å². The molecule has 1 aromatic heterocycles. The number of hydrogen-bond donors (Lipinski definition) is 1. The summed E-state index contributed by atoms with van der Waals surface area (Å²) < 4.78 is 51.2. The van der Waals surface area contributed by atoms with Gasteiger partial charge in [-0.25, -0.2) is 12.7 Å². The van der Waals surface area contributed by atoms with Crippen LogP contribution in [0.3, 0.4) is 0 Å². The lowest BCUT2D eigenvalue weighted by Crippen LogP contribution is -2.77. The SMILES string of the molecule is CN1C(=O)[C@@]23C[C@]4([C@]56C[C@@]78SS[C@@](C)(C(=O)N7[C@H]5N(S(=O)(=O)c5ccccc5)c5ccccc56)N(CCCCn5cc(COCCOCCOCCN)nn5)C8=O)c5ccccc5C[C@@H]4N2C(=O)[C@]1(C)SS3. The second-order valence-corrected chi connectivity index (χ2v) is 27.4. The van der Waals surface area contributed by atoms with Crippen LogP contribution in [-0.4, -0.2) is 152 Å². The highest BCUT2D eigenvalue weighted by molar-refractivity contribution is 8.78. The lowest BCUT2D eigenvalue weighted by molar-refractivity contribution is -0.165. The van der Waals surface area contributed by atoms with Crippen molar-refractivity contribution in [3.63, 3.8) is 0 Å². The molecule has 380 valence electrons. The van der Waals surface area contributed by atoms with Crippen LogP contribution < -0.4 is 10.0 Å². The Hall–Kier alpha value is -4.33. The summed E-state index contributed by atoms with van der Waals surface area (Å²) in [4.78, 5) is 63.7. The Morgan fingerprint density at radius 2 is 1.32 bits per heavy atom. The molecular formula is C49H55N9O9S5. The predicted molar refractivity (Wildman–Crippen MR) is 273 cm³/mol. The second kappa shape index (κ2) is 17.4. The molecule has 0 unspecified atom stereocenters. The first-order valence-electron chi connectivity index (χ1n) is 24.3. The van der Waals surface area contributed by atoms with Crippen molar-refractivity contribution in [1.29, 1.82) is 0 Å². The van der Waals surface area contributed by atoms with Gasteiger partial charge in [0.1, 0.15) is 11.9 Å². The molecule has 1 aliphatic carbocycles. The van der Waals surface area contributed by atoms with E-state index in [9.17, 15) is 0 Å². The van der Waals surface area contributed by atoms with Crippen molar-refractivity contribution in [3.05, 3.63) is 107 Å². The van der Waals surface area contributed by atoms with E-state index >= 15 is 27.6 Å². The van der Waals surface area contributed by atoms with Gasteiger partial charge in [0, 0.05) is 51.0 Å². The third-order valence-corrected chi connectivity index (χ3v) is 25.5.